The average Bonchev–Trinajstić information content (AvgIpc) is 3.49. The molecule has 1 amide bonds. The molecule has 0 bridgehead atoms. The van der Waals surface area contributed by atoms with Crippen LogP contribution in [-0.4, -0.2) is 50.9 Å². The van der Waals surface area contributed by atoms with Crippen molar-refractivity contribution in [2.75, 3.05) is 23.8 Å². The Morgan fingerprint density at radius 3 is 2.66 bits per heavy atom. The zero-order valence-corrected chi connectivity index (χ0v) is 17.3. The van der Waals surface area contributed by atoms with Crippen molar-refractivity contribution in [2.45, 2.75) is 37.4 Å². The molecule has 0 aliphatic heterocycles. The minimum absolute atomic E-state index is 0.0762. The summed E-state index contributed by atoms with van der Waals surface area (Å²) in [6, 6.07) is 6.18. The molecule has 0 radical (unpaired) electrons. The van der Waals surface area contributed by atoms with Gasteiger partial charge in [0.15, 0.2) is 5.82 Å². The van der Waals surface area contributed by atoms with E-state index in [1.807, 2.05) is 0 Å². The number of hydrogen-bond acceptors (Lipinski definition) is 7. The lowest BCUT2D eigenvalue weighted by Gasteiger charge is -2.23. The van der Waals surface area contributed by atoms with E-state index in [0.717, 1.165) is 0 Å². The van der Waals surface area contributed by atoms with Crippen LogP contribution in [0, 0.1) is 0 Å². The van der Waals surface area contributed by atoms with Gasteiger partial charge in [-0.3, -0.25) is 4.79 Å². The summed E-state index contributed by atoms with van der Waals surface area (Å²) < 4.78 is 0. The molecule has 2 atom stereocenters. The monoisotopic (exact) mass is 439 g/mol. The zero-order chi connectivity index (χ0) is 21.0. The number of aliphatic hydroxyl groups excluding tert-OH is 2. The van der Waals surface area contributed by atoms with Gasteiger partial charge in [-0.2, -0.15) is 4.98 Å². The maximum absolute atomic E-state index is 12.9. The molecule has 10 heteroatoms. The predicted molar refractivity (Wildman–Crippen MR) is 112 cm³/mol. The molecule has 3 rings (SSSR count). The van der Waals surface area contributed by atoms with E-state index in [1.54, 1.807) is 31.2 Å². The van der Waals surface area contributed by atoms with E-state index in [1.165, 1.54) is 6.20 Å². The molecule has 1 aromatic carbocycles. The van der Waals surface area contributed by atoms with Crippen molar-refractivity contribution in [3.63, 3.8) is 0 Å². The second-order valence-electron chi connectivity index (χ2n) is 7.09. The Hall–Kier alpha value is -2.13. The van der Waals surface area contributed by atoms with Gasteiger partial charge in [0, 0.05) is 11.1 Å². The van der Waals surface area contributed by atoms with E-state index in [0.29, 0.717) is 35.2 Å². The highest BCUT2D eigenvalue weighted by atomic mass is 35.5. The topological polar surface area (TPSA) is 119 Å². The molecule has 0 saturated heterocycles. The Morgan fingerprint density at radius 2 is 2.03 bits per heavy atom. The molecule has 5 N–H and O–H groups in total. The predicted octanol–water partition coefficient (Wildman–Crippen LogP) is 2.37. The van der Waals surface area contributed by atoms with E-state index < -0.39 is 11.6 Å². The van der Waals surface area contributed by atoms with Crippen LogP contribution in [0.2, 0.25) is 10.0 Å². The lowest BCUT2D eigenvalue weighted by atomic mass is 10.1. The molecule has 1 heterocycles. The van der Waals surface area contributed by atoms with Crippen molar-refractivity contribution < 1.29 is 15.0 Å². The van der Waals surface area contributed by atoms with Gasteiger partial charge in [-0.05, 0) is 37.5 Å². The number of rotatable bonds is 9. The van der Waals surface area contributed by atoms with Crippen LogP contribution < -0.4 is 16.0 Å². The number of amides is 1. The van der Waals surface area contributed by atoms with Gasteiger partial charge in [0.25, 0.3) is 0 Å². The van der Waals surface area contributed by atoms with Gasteiger partial charge in [-0.25, -0.2) is 4.98 Å². The lowest BCUT2D eigenvalue weighted by Crippen LogP contribution is -2.44. The van der Waals surface area contributed by atoms with E-state index in [2.05, 4.69) is 25.9 Å². The molecule has 1 aromatic heterocycles. The molecule has 1 aliphatic rings. The van der Waals surface area contributed by atoms with Gasteiger partial charge in [-0.15, -0.1) is 0 Å². The fraction of sp³-hybridized carbons (Fsp3) is 0.421. The molecule has 0 unspecified atom stereocenters. The van der Waals surface area contributed by atoms with Crippen molar-refractivity contribution in [3.05, 3.63) is 46.1 Å². The smallest absolute Gasteiger partial charge is 0.246 e. The summed E-state index contributed by atoms with van der Waals surface area (Å²) in [6.45, 7) is 1.45. The van der Waals surface area contributed by atoms with Crippen LogP contribution >= 0.6 is 23.2 Å². The first kappa shape index (κ1) is 21.6. The zero-order valence-electron chi connectivity index (χ0n) is 15.8. The fourth-order valence-electron chi connectivity index (χ4n) is 2.80. The van der Waals surface area contributed by atoms with Crippen molar-refractivity contribution in [1.82, 2.24) is 15.3 Å². The maximum Gasteiger partial charge on any atom is 0.246 e. The summed E-state index contributed by atoms with van der Waals surface area (Å²) >= 11 is 12.2. The molecule has 29 heavy (non-hydrogen) atoms. The highest BCUT2D eigenvalue weighted by Crippen LogP contribution is 2.40. The number of anilines is 2. The first-order valence-corrected chi connectivity index (χ1v) is 9.98. The summed E-state index contributed by atoms with van der Waals surface area (Å²) in [5, 5.41) is 28.6. The molecule has 2 aromatic rings. The second-order valence-corrected chi connectivity index (χ2v) is 7.93. The molecule has 8 nitrogen and oxygen atoms in total. The molecule has 1 aliphatic carbocycles. The number of nitrogens with zero attached hydrogens (tertiary/aromatic N) is 2. The Morgan fingerprint density at radius 1 is 1.28 bits per heavy atom. The van der Waals surface area contributed by atoms with Crippen molar-refractivity contribution >= 4 is 40.9 Å². The van der Waals surface area contributed by atoms with E-state index in [-0.39, 0.29) is 30.2 Å². The molecular formula is C19H23Cl2N5O3. The lowest BCUT2D eigenvalue weighted by molar-refractivity contribution is -0.123. The standard InChI is InChI=1S/C19H23Cl2N5O3/c1-11(9-27)23-18-22-8-14(21)16(25-18)26-19(5-6-19)17(29)24-15(10-28)12-3-2-4-13(20)7-12/h2-4,7-8,11,15,27-28H,5-6,9-10H2,1H3,(H,24,29)(H2,22,23,25,26)/t11-,15+/m0/s1. The number of carbonyl (C=O) groups is 1. The summed E-state index contributed by atoms with van der Waals surface area (Å²) in [5.74, 6) is 0.358. The minimum atomic E-state index is -0.857. The van der Waals surface area contributed by atoms with Gasteiger partial charge in [0.05, 0.1) is 25.5 Å². The summed E-state index contributed by atoms with van der Waals surface area (Å²) in [6.07, 6.45) is 2.63. The van der Waals surface area contributed by atoms with Crippen molar-refractivity contribution in [2.24, 2.45) is 0 Å². The number of aliphatic hydroxyl groups is 2. The third-order valence-corrected chi connectivity index (χ3v) is 5.19. The quantitative estimate of drug-likeness (QED) is 0.406. The first-order valence-electron chi connectivity index (χ1n) is 9.22. The Balaban J connectivity index is 1.72. The Bertz CT molecular complexity index is 879. The van der Waals surface area contributed by atoms with Gasteiger partial charge < -0.3 is 26.2 Å². The summed E-state index contributed by atoms with van der Waals surface area (Å²) in [4.78, 5) is 21.3. The SMILES string of the molecule is C[C@@H](CO)Nc1ncc(Cl)c(NC2(C(=O)N[C@H](CO)c3cccc(Cl)c3)CC2)n1. The maximum atomic E-state index is 12.9. The summed E-state index contributed by atoms with van der Waals surface area (Å²) in [7, 11) is 0. The second kappa shape index (κ2) is 9.13. The van der Waals surface area contributed by atoms with Gasteiger partial charge in [0.1, 0.15) is 10.6 Å². The molecule has 1 saturated carbocycles. The number of carbonyl (C=O) groups excluding carboxylic acids is 1. The third kappa shape index (κ3) is 5.27. The van der Waals surface area contributed by atoms with E-state index in [4.69, 9.17) is 28.3 Å². The van der Waals surface area contributed by atoms with Crippen LogP contribution in [0.25, 0.3) is 0 Å². The normalized spacial score (nSPS) is 16.6. The van der Waals surface area contributed by atoms with Gasteiger partial charge in [0.2, 0.25) is 11.9 Å². The highest BCUT2D eigenvalue weighted by Gasteiger charge is 2.51. The molecular weight excluding hydrogens is 417 g/mol. The number of hydrogen-bond donors (Lipinski definition) is 5. The summed E-state index contributed by atoms with van der Waals surface area (Å²) in [5.41, 5.74) is -0.141. The number of halogens is 2. The number of nitrogens with one attached hydrogen (secondary N) is 3. The number of benzene rings is 1. The Kier molecular flexibility index (Phi) is 6.79. The van der Waals surface area contributed by atoms with Crippen LogP contribution in [0.15, 0.2) is 30.5 Å². The molecule has 0 spiro atoms. The van der Waals surface area contributed by atoms with Crippen LogP contribution in [0.1, 0.15) is 31.4 Å². The van der Waals surface area contributed by atoms with E-state index >= 15 is 0 Å². The highest BCUT2D eigenvalue weighted by molar-refractivity contribution is 6.33. The van der Waals surface area contributed by atoms with Crippen LogP contribution in [0.4, 0.5) is 11.8 Å². The first-order chi connectivity index (χ1) is 13.9. The number of aromatic nitrogens is 2. The van der Waals surface area contributed by atoms with E-state index in [9.17, 15) is 9.90 Å². The van der Waals surface area contributed by atoms with Crippen molar-refractivity contribution in [3.8, 4) is 0 Å². The van der Waals surface area contributed by atoms with Crippen LogP contribution in [-0.2, 0) is 4.79 Å². The fourth-order valence-corrected chi connectivity index (χ4v) is 3.14. The third-order valence-electron chi connectivity index (χ3n) is 4.67. The van der Waals surface area contributed by atoms with Crippen molar-refractivity contribution in [1.29, 1.82) is 0 Å². The Labute approximate surface area is 178 Å². The largest absolute Gasteiger partial charge is 0.394 e. The molecule has 156 valence electrons. The van der Waals surface area contributed by atoms with Crippen LogP contribution in [0.3, 0.4) is 0 Å². The van der Waals surface area contributed by atoms with Gasteiger partial charge in [-0.1, -0.05) is 35.3 Å². The minimum Gasteiger partial charge on any atom is -0.394 e. The molecule has 1 fully saturated rings. The van der Waals surface area contributed by atoms with Crippen LogP contribution in [0.5, 0.6) is 0 Å². The van der Waals surface area contributed by atoms with Gasteiger partial charge >= 0.3 is 0 Å². The average molecular weight is 440 g/mol.